The van der Waals surface area contributed by atoms with Crippen molar-refractivity contribution in [3.8, 4) is 0 Å². The molecule has 1 saturated heterocycles. The Balaban J connectivity index is 2.01. The predicted octanol–water partition coefficient (Wildman–Crippen LogP) is 2.57. The Hall–Kier alpha value is -0.860. The van der Waals surface area contributed by atoms with Gasteiger partial charge in [0.05, 0.1) is 0 Å². The van der Waals surface area contributed by atoms with E-state index in [1.165, 1.54) is 24.1 Å². The molecule has 2 rings (SSSR count). The van der Waals surface area contributed by atoms with Crippen LogP contribution in [0.25, 0.3) is 0 Å². The van der Waals surface area contributed by atoms with Crippen molar-refractivity contribution in [1.29, 1.82) is 0 Å². The van der Waals surface area contributed by atoms with Gasteiger partial charge in [-0.3, -0.25) is 4.90 Å². The van der Waals surface area contributed by atoms with Gasteiger partial charge in [-0.25, -0.2) is 0 Å². The van der Waals surface area contributed by atoms with E-state index in [0.717, 1.165) is 13.1 Å². The van der Waals surface area contributed by atoms with Crippen LogP contribution < -0.4 is 5.32 Å². The van der Waals surface area contributed by atoms with Gasteiger partial charge >= 0.3 is 0 Å². The Morgan fingerprint density at radius 2 is 2.24 bits per heavy atom. The van der Waals surface area contributed by atoms with Crippen molar-refractivity contribution in [1.82, 2.24) is 10.2 Å². The van der Waals surface area contributed by atoms with Crippen molar-refractivity contribution in [2.75, 3.05) is 13.1 Å². The summed E-state index contributed by atoms with van der Waals surface area (Å²) < 4.78 is 0. The van der Waals surface area contributed by atoms with Crippen molar-refractivity contribution in [3.05, 3.63) is 35.4 Å². The molecule has 2 heteroatoms. The summed E-state index contributed by atoms with van der Waals surface area (Å²) in [6.45, 7) is 10.1. The number of piperazine rings is 1. The monoisotopic (exact) mass is 232 g/mol. The number of nitrogens with one attached hydrogen (secondary N) is 1. The maximum absolute atomic E-state index is 3.60. The molecule has 0 amide bonds. The zero-order valence-electron chi connectivity index (χ0n) is 11.2. The summed E-state index contributed by atoms with van der Waals surface area (Å²) in [5, 5.41) is 3.60. The van der Waals surface area contributed by atoms with Crippen molar-refractivity contribution >= 4 is 0 Å². The highest BCUT2D eigenvalue weighted by Gasteiger charge is 2.23. The quantitative estimate of drug-likeness (QED) is 0.861. The van der Waals surface area contributed by atoms with Gasteiger partial charge in [0.2, 0.25) is 0 Å². The molecule has 0 aromatic heterocycles. The third-order valence-electron chi connectivity index (χ3n) is 3.74. The van der Waals surface area contributed by atoms with Gasteiger partial charge in [0.25, 0.3) is 0 Å². The Kier molecular flexibility index (Phi) is 4.19. The fourth-order valence-corrected chi connectivity index (χ4v) is 2.53. The molecule has 1 heterocycles. The van der Waals surface area contributed by atoms with Crippen LogP contribution in [0.2, 0.25) is 0 Å². The van der Waals surface area contributed by atoms with Gasteiger partial charge in [-0.15, -0.1) is 0 Å². The minimum atomic E-state index is 0.637. The number of aryl methyl sites for hydroxylation is 1. The number of hydrogen-bond donors (Lipinski definition) is 1. The molecule has 2 unspecified atom stereocenters. The maximum atomic E-state index is 3.60. The van der Waals surface area contributed by atoms with Crippen LogP contribution >= 0.6 is 0 Å². The number of rotatable bonds is 3. The Morgan fingerprint density at radius 1 is 1.41 bits per heavy atom. The van der Waals surface area contributed by atoms with Crippen LogP contribution in [-0.2, 0) is 6.54 Å². The number of nitrogens with zero attached hydrogens (tertiary/aromatic N) is 1. The van der Waals surface area contributed by atoms with Crippen molar-refractivity contribution in [2.24, 2.45) is 0 Å². The first-order chi connectivity index (χ1) is 8.19. The zero-order valence-corrected chi connectivity index (χ0v) is 11.2. The second-order valence-electron chi connectivity index (χ2n) is 5.28. The molecular weight excluding hydrogens is 208 g/mol. The molecule has 17 heavy (non-hydrogen) atoms. The molecule has 0 radical (unpaired) electrons. The summed E-state index contributed by atoms with van der Waals surface area (Å²) in [6.07, 6.45) is 1.22. The van der Waals surface area contributed by atoms with E-state index in [9.17, 15) is 0 Å². The van der Waals surface area contributed by atoms with Crippen LogP contribution in [-0.4, -0.2) is 30.1 Å². The van der Waals surface area contributed by atoms with E-state index in [0.29, 0.717) is 12.1 Å². The lowest BCUT2D eigenvalue weighted by Crippen LogP contribution is -2.54. The standard InChI is InChI=1S/C15H24N2/c1-4-15-11-17(13(3)9-16-15)10-14-7-5-6-12(2)8-14/h5-8,13,15-16H,4,9-11H2,1-3H3. The molecule has 0 bridgehead atoms. The Labute approximate surface area is 105 Å². The predicted molar refractivity (Wildman–Crippen MR) is 73.1 cm³/mol. The molecule has 1 aromatic rings. The average molecular weight is 232 g/mol. The van der Waals surface area contributed by atoms with Crippen LogP contribution in [0.3, 0.4) is 0 Å². The second-order valence-corrected chi connectivity index (χ2v) is 5.28. The van der Waals surface area contributed by atoms with Gasteiger partial charge in [-0.2, -0.15) is 0 Å². The highest BCUT2D eigenvalue weighted by molar-refractivity contribution is 5.22. The lowest BCUT2D eigenvalue weighted by atomic mass is 10.1. The zero-order chi connectivity index (χ0) is 12.3. The fourth-order valence-electron chi connectivity index (χ4n) is 2.53. The van der Waals surface area contributed by atoms with Crippen LogP contribution in [0.5, 0.6) is 0 Å². The lowest BCUT2D eigenvalue weighted by molar-refractivity contribution is 0.131. The number of hydrogen-bond acceptors (Lipinski definition) is 2. The van der Waals surface area contributed by atoms with E-state index in [1.54, 1.807) is 0 Å². The molecule has 2 nitrogen and oxygen atoms in total. The van der Waals surface area contributed by atoms with E-state index in [2.05, 4.69) is 55.3 Å². The largest absolute Gasteiger partial charge is 0.311 e. The van der Waals surface area contributed by atoms with Gasteiger partial charge in [0.1, 0.15) is 0 Å². The second kappa shape index (κ2) is 5.65. The SMILES string of the molecule is CCC1CN(Cc2cccc(C)c2)C(C)CN1. The summed E-state index contributed by atoms with van der Waals surface area (Å²) in [7, 11) is 0. The topological polar surface area (TPSA) is 15.3 Å². The Morgan fingerprint density at radius 3 is 2.94 bits per heavy atom. The van der Waals surface area contributed by atoms with Crippen molar-refractivity contribution in [2.45, 2.75) is 45.8 Å². The van der Waals surface area contributed by atoms with Crippen molar-refractivity contribution in [3.63, 3.8) is 0 Å². The highest BCUT2D eigenvalue weighted by Crippen LogP contribution is 2.14. The summed E-state index contributed by atoms with van der Waals surface area (Å²) in [5.41, 5.74) is 2.80. The smallest absolute Gasteiger partial charge is 0.0237 e. The van der Waals surface area contributed by atoms with E-state index >= 15 is 0 Å². The molecule has 1 N–H and O–H groups in total. The molecule has 94 valence electrons. The molecule has 1 aliphatic rings. The van der Waals surface area contributed by atoms with Crippen LogP contribution in [0.15, 0.2) is 24.3 Å². The molecule has 1 aliphatic heterocycles. The van der Waals surface area contributed by atoms with E-state index in [-0.39, 0.29) is 0 Å². The lowest BCUT2D eigenvalue weighted by Gasteiger charge is -2.38. The van der Waals surface area contributed by atoms with Gasteiger partial charge < -0.3 is 5.32 Å². The third kappa shape index (κ3) is 3.30. The first-order valence-electron chi connectivity index (χ1n) is 6.72. The molecule has 0 aliphatic carbocycles. The Bertz CT molecular complexity index is 362. The molecule has 2 atom stereocenters. The van der Waals surface area contributed by atoms with Crippen LogP contribution in [0.1, 0.15) is 31.4 Å². The first kappa shape index (κ1) is 12.6. The fraction of sp³-hybridized carbons (Fsp3) is 0.600. The summed E-state index contributed by atoms with van der Waals surface area (Å²) in [5.74, 6) is 0. The van der Waals surface area contributed by atoms with Gasteiger partial charge in [-0.05, 0) is 25.8 Å². The molecule has 1 aromatic carbocycles. The van der Waals surface area contributed by atoms with Crippen LogP contribution in [0.4, 0.5) is 0 Å². The van der Waals surface area contributed by atoms with Crippen molar-refractivity contribution < 1.29 is 0 Å². The molecule has 1 fully saturated rings. The first-order valence-corrected chi connectivity index (χ1v) is 6.72. The molecule has 0 saturated carbocycles. The minimum absolute atomic E-state index is 0.637. The summed E-state index contributed by atoms with van der Waals surface area (Å²) in [4.78, 5) is 2.60. The summed E-state index contributed by atoms with van der Waals surface area (Å²) >= 11 is 0. The number of benzene rings is 1. The normalized spacial score (nSPS) is 26.1. The van der Waals surface area contributed by atoms with Gasteiger partial charge in [0, 0.05) is 31.7 Å². The van der Waals surface area contributed by atoms with Gasteiger partial charge in [0.15, 0.2) is 0 Å². The average Bonchev–Trinajstić information content (AvgIpc) is 2.32. The summed E-state index contributed by atoms with van der Waals surface area (Å²) in [6, 6.07) is 10.2. The molecule has 0 spiro atoms. The molecular formula is C15H24N2. The van der Waals surface area contributed by atoms with E-state index < -0.39 is 0 Å². The highest BCUT2D eigenvalue weighted by atomic mass is 15.2. The minimum Gasteiger partial charge on any atom is -0.311 e. The van der Waals surface area contributed by atoms with E-state index in [1.807, 2.05) is 0 Å². The third-order valence-corrected chi connectivity index (χ3v) is 3.74. The maximum Gasteiger partial charge on any atom is 0.0237 e. The van der Waals surface area contributed by atoms with Gasteiger partial charge in [-0.1, -0.05) is 36.8 Å². The van der Waals surface area contributed by atoms with Crippen LogP contribution in [0, 0.1) is 6.92 Å². The van der Waals surface area contributed by atoms with E-state index in [4.69, 9.17) is 0 Å².